The highest BCUT2D eigenvalue weighted by Crippen LogP contribution is 2.33. The highest BCUT2D eigenvalue weighted by atomic mass is 14.9. The minimum Gasteiger partial charge on any atom is -0.201 e. The topological polar surface area (TPSA) is 15.5 Å². The van der Waals surface area contributed by atoms with Crippen molar-refractivity contribution in [2.75, 3.05) is 0 Å². The molecule has 466 valence electrons. The van der Waals surface area contributed by atoms with Crippen LogP contribution in [0.15, 0.2) is 146 Å². The molecule has 0 bridgehead atoms. The van der Waals surface area contributed by atoms with E-state index in [9.17, 15) is 0 Å². The van der Waals surface area contributed by atoms with E-state index in [0.29, 0.717) is 22.0 Å². The largest absolute Gasteiger partial charge is 0.212 e. The minimum absolute atomic E-state index is 0.0551. The van der Waals surface area contributed by atoms with Gasteiger partial charge in [0, 0.05) is 77.0 Å². The first-order valence-electron chi connectivity index (χ1n) is 34.8. The Morgan fingerprint density at radius 3 is 0.908 bits per heavy atom. The number of rotatable bonds is 11. The molecule has 0 atom stereocenters. The Bertz CT molecular complexity index is 3870. The quantitative estimate of drug-likeness (QED) is 0.115. The number of aromatic nitrogens is 4. The molecule has 0 amide bonds. The Morgan fingerprint density at radius 1 is 0.310 bits per heavy atom. The molecule has 0 saturated carbocycles. The Morgan fingerprint density at radius 2 is 0.575 bits per heavy atom. The SMILES string of the molecule is Cc1cc(-c2ccccc2C)[n+](C)cc1CC(C)(C)C.Cc1ccccc1-c1cc(CC(C)(C)C)c(CC(C)(C)C)c[n+]1C.[2H]C([2H])(c1c[n+](C)c(-c2ccccc2C)cc1C)C(C)C.[2H]C([2H])(c1cc(-c2ccccc2C)[n+](C)cc1C([2H])([2H])C(C)(C)C)C(C)(C)C. The Balaban J connectivity index is 0.000000227. The van der Waals surface area contributed by atoms with Gasteiger partial charge in [-0.1, -0.05) is 190 Å². The molecule has 0 unspecified atom stereocenters. The number of aryl methyl sites for hydroxylation is 10. The van der Waals surface area contributed by atoms with Crippen LogP contribution >= 0.6 is 0 Å². The van der Waals surface area contributed by atoms with Crippen LogP contribution in [0.3, 0.4) is 0 Å². The van der Waals surface area contributed by atoms with Crippen LogP contribution in [0, 0.1) is 74.5 Å². The maximum Gasteiger partial charge on any atom is 0.212 e. The van der Waals surface area contributed by atoms with E-state index in [1.54, 1.807) is 6.20 Å². The van der Waals surface area contributed by atoms with Crippen molar-refractivity contribution >= 4 is 0 Å². The first-order valence-corrected chi connectivity index (χ1v) is 31.8. The second-order valence-electron chi connectivity index (χ2n) is 30.8. The van der Waals surface area contributed by atoms with Gasteiger partial charge in [-0.05, 0) is 182 Å². The van der Waals surface area contributed by atoms with Crippen molar-refractivity contribution in [1.82, 2.24) is 0 Å². The van der Waals surface area contributed by atoms with Gasteiger partial charge in [0.05, 0.1) is 0 Å². The second-order valence-corrected chi connectivity index (χ2v) is 30.8. The van der Waals surface area contributed by atoms with Crippen LogP contribution in [-0.4, -0.2) is 0 Å². The fourth-order valence-electron chi connectivity index (χ4n) is 11.2. The normalized spacial score (nSPS) is 13.5. The predicted molar refractivity (Wildman–Crippen MR) is 375 cm³/mol. The molecular weight excluding hydrogens is 1050 g/mol. The van der Waals surface area contributed by atoms with E-state index in [2.05, 4.69) is 204 Å². The Kier molecular flexibility index (Phi) is 21.2. The van der Waals surface area contributed by atoms with Crippen LogP contribution in [0.4, 0.5) is 0 Å². The first-order chi connectivity index (χ1) is 42.5. The summed E-state index contributed by atoms with van der Waals surface area (Å²) >= 11 is 0. The lowest BCUT2D eigenvalue weighted by molar-refractivity contribution is -0.661. The zero-order valence-electron chi connectivity index (χ0n) is 65.3. The van der Waals surface area contributed by atoms with Crippen LogP contribution in [0.25, 0.3) is 45.0 Å². The van der Waals surface area contributed by atoms with Crippen molar-refractivity contribution in [1.29, 1.82) is 0 Å². The molecular formula is C83H118N4+4. The van der Waals surface area contributed by atoms with E-state index in [-0.39, 0.29) is 11.3 Å². The van der Waals surface area contributed by atoms with Gasteiger partial charge in [-0.2, -0.15) is 0 Å². The van der Waals surface area contributed by atoms with Crippen molar-refractivity contribution in [3.05, 3.63) is 213 Å². The predicted octanol–water partition coefficient (Wildman–Crippen LogP) is 19.7. The van der Waals surface area contributed by atoms with Gasteiger partial charge < -0.3 is 0 Å². The number of hydrogen-bond acceptors (Lipinski definition) is 0. The third-order valence-corrected chi connectivity index (χ3v) is 15.1. The molecule has 8 rings (SSSR count). The van der Waals surface area contributed by atoms with E-state index < -0.39 is 29.9 Å². The molecule has 4 nitrogen and oxygen atoms in total. The lowest BCUT2D eigenvalue weighted by Gasteiger charge is -2.24. The fraction of sp³-hybridized carbons (Fsp3) is 0.470. The van der Waals surface area contributed by atoms with Gasteiger partial charge in [0.2, 0.25) is 22.8 Å². The maximum absolute atomic E-state index is 8.92. The third kappa shape index (κ3) is 22.2. The molecule has 0 aliphatic rings. The van der Waals surface area contributed by atoms with Gasteiger partial charge >= 0.3 is 0 Å². The summed E-state index contributed by atoms with van der Waals surface area (Å²) in [6, 6.07) is 42.3. The molecule has 0 N–H and O–H groups in total. The molecule has 4 heteroatoms. The van der Waals surface area contributed by atoms with E-state index in [1.807, 2.05) is 141 Å². The summed E-state index contributed by atoms with van der Waals surface area (Å²) in [7, 11) is 8.21. The standard InChI is InChI=1S/2C23H34N.C19H26N.C18H24N/c2*1-17-11-9-10-12-20(17)21-13-18(14-22(2,3)4)19(16-24(21)8)15-23(5,6)7;1-14-9-7-8-10-17(14)18-11-15(2)16(13-20(18)6)12-19(3,4)5;1-13(2)10-16-12-19(5)18(11-15(16)4)17-9-7-6-8-14(17)3/h2*9-13,16H,14-15H2,1-8H3;7-11,13H,12H2,1-6H3;6-9,11-13H,10H2,1-5H3/q4*+1/i14D2,15D2;;;10D2. The third-order valence-electron chi connectivity index (χ3n) is 15.1. The molecule has 87 heavy (non-hydrogen) atoms. The van der Waals surface area contributed by atoms with E-state index >= 15 is 0 Å². The second kappa shape index (κ2) is 29.7. The number of pyridine rings is 4. The number of nitrogens with zero attached hydrogens (tertiary/aromatic N) is 4. The van der Waals surface area contributed by atoms with Gasteiger partial charge in [-0.25, -0.2) is 18.3 Å². The van der Waals surface area contributed by atoms with Gasteiger partial charge in [-0.3, -0.25) is 0 Å². The highest BCUT2D eigenvalue weighted by molar-refractivity contribution is 5.64. The smallest absolute Gasteiger partial charge is 0.201 e. The monoisotopic (exact) mass is 1180 g/mol. The highest BCUT2D eigenvalue weighted by Gasteiger charge is 2.27. The number of hydrogen-bond donors (Lipinski definition) is 0. The van der Waals surface area contributed by atoms with E-state index in [0.717, 1.165) is 52.9 Å². The summed E-state index contributed by atoms with van der Waals surface area (Å²) in [6.45, 7) is 48.6. The molecule has 0 aliphatic carbocycles. The van der Waals surface area contributed by atoms with Gasteiger partial charge in [0.25, 0.3) is 0 Å². The van der Waals surface area contributed by atoms with Crippen molar-refractivity contribution < 1.29 is 26.5 Å². The molecule has 0 spiro atoms. The number of benzene rings is 4. The van der Waals surface area contributed by atoms with E-state index in [4.69, 9.17) is 8.22 Å². The molecule has 4 heterocycles. The molecule has 0 radical (unpaired) electrons. The summed E-state index contributed by atoms with van der Waals surface area (Å²) in [6.07, 6.45) is 7.00. The van der Waals surface area contributed by atoms with Crippen molar-refractivity contribution in [3.63, 3.8) is 0 Å². The molecule has 0 saturated heterocycles. The van der Waals surface area contributed by atoms with Gasteiger partial charge in [0.1, 0.15) is 28.2 Å². The summed E-state index contributed by atoms with van der Waals surface area (Å²) in [4.78, 5) is 0. The van der Waals surface area contributed by atoms with Crippen LogP contribution in [-0.2, 0) is 66.6 Å². The first kappa shape index (κ1) is 62.1. The minimum atomic E-state index is -1.70. The maximum atomic E-state index is 8.92. The molecule has 4 aromatic heterocycles. The zero-order valence-corrected chi connectivity index (χ0v) is 59.3. The average Bonchev–Trinajstić information content (AvgIpc) is 0.749. The lowest BCUT2D eigenvalue weighted by atomic mass is 9.81. The van der Waals surface area contributed by atoms with Crippen LogP contribution in [0.1, 0.15) is 193 Å². The van der Waals surface area contributed by atoms with Crippen LogP contribution < -0.4 is 18.3 Å². The van der Waals surface area contributed by atoms with Crippen LogP contribution in [0.5, 0.6) is 0 Å². The zero-order chi connectivity index (χ0) is 70.5. The summed E-state index contributed by atoms with van der Waals surface area (Å²) in [5.41, 5.74) is 22.4. The fourth-order valence-corrected chi connectivity index (χ4v) is 11.2. The summed E-state index contributed by atoms with van der Waals surface area (Å²) in [5.74, 6) is -0.0551. The van der Waals surface area contributed by atoms with Crippen molar-refractivity contribution in [2.24, 2.45) is 61.2 Å². The molecule has 0 fully saturated rings. The average molecular weight is 1180 g/mol. The van der Waals surface area contributed by atoms with Crippen LogP contribution in [0.2, 0.25) is 0 Å². The van der Waals surface area contributed by atoms with Gasteiger partial charge in [0.15, 0.2) is 24.8 Å². The summed E-state index contributed by atoms with van der Waals surface area (Å²) < 4.78 is 60.7. The van der Waals surface area contributed by atoms with Crippen molar-refractivity contribution in [2.45, 2.75) is 198 Å². The summed E-state index contributed by atoms with van der Waals surface area (Å²) in [5, 5.41) is 0. The lowest BCUT2D eigenvalue weighted by Crippen LogP contribution is -2.33. The van der Waals surface area contributed by atoms with Crippen molar-refractivity contribution in [3.8, 4) is 45.0 Å². The Labute approximate surface area is 540 Å². The van der Waals surface area contributed by atoms with Gasteiger partial charge in [-0.15, -0.1) is 0 Å². The molecule has 8 aromatic rings. The Hall–Kier alpha value is -6.52. The van der Waals surface area contributed by atoms with E-state index in [1.165, 1.54) is 67.0 Å². The molecule has 0 aliphatic heterocycles. The molecule has 4 aromatic carbocycles.